The van der Waals surface area contributed by atoms with E-state index in [4.69, 9.17) is 4.42 Å². The molecule has 122 valence electrons. The van der Waals surface area contributed by atoms with Gasteiger partial charge < -0.3 is 9.73 Å². The highest BCUT2D eigenvalue weighted by Crippen LogP contribution is 2.23. The lowest BCUT2D eigenvalue weighted by atomic mass is 10.3. The quantitative estimate of drug-likeness (QED) is 0.785. The SMILES string of the molecule is O=C(Nc1ccccc1F)c1ccc(S(=O)(=O)c2ccccc2)o1. The number of amides is 1. The van der Waals surface area contributed by atoms with Gasteiger partial charge in [-0.25, -0.2) is 12.8 Å². The first-order chi connectivity index (χ1) is 11.5. The molecule has 1 aromatic heterocycles. The molecular formula is C17H12FNO4S. The molecule has 0 aliphatic heterocycles. The van der Waals surface area contributed by atoms with Crippen LogP contribution in [0.3, 0.4) is 0 Å². The molecule has 3 aromatic rings. The van der Waals surface area contributed by atoms with Crippen LogP contribution in [0.5, 0.6) is 0 Å². The van der Waals surface area contributed by atoms with Crippen LogP contribution < -0.4 is 5.32 Å². The average Bonchev–Trinajstić information content (AvgIpc) is 3.09. The van der Waals surface area contributed by atoms with Crippen molar-refractivity contribution in [3.05, 3.63) is 78.3 Å². The topological polar surface area (TPSA) is 76.4 Å². The number of carbonyl (C=O) groups is 1. The van der Waals surface area contributed by atoms with Gasteiger partial charge in [-0.2, -0.15) is 0 Å². The maximum absolute atomic E-state index is 13.5. The largest absolute Gasteiger partial charge is 0.439 e. The average molecular weight is 345 g/mol. The fourth-order valence-corrected chi connectivity index (χ4v) is 3.24. The van der Waals surface area contributed by atoms with Gasteiger partial charge in [0.1, 0.15) is 5.82 Å². The molecule has 0 fully saturated rings. The van der Waals surface area contributed by atoms with Gasteiger partial charge in [-0.05, 0) is 36.4 Å². The fourth-order valence-electron chi connectivity index (χ4n) is 2.05. The molecule has 0 atom stereocenters. The molecule has 2 aromatic carbocycles. The van der Waals surface area contributed by atoms with Crippen molar-refractivity contribution >= 4 is 21.4 Å². The second-order valence-corrected chi connectivity index (χ2v) is 6.75. The maximum Gasteiger partial charge on any atom is 0.291 e. The van der Waals surface area contributed by atoms with Crippen LogP contribution in [-0.4, -0.2) is 14.3 Å². The number of hydrogen-bond acceptors (Lipinski definition) is 4. The van der Waals surface area contributed by atoms with Crippen molar-refractivity contribution in [1.82, 2.24) is 0 Å². The second kappa shape index (κ2) is 6.29. The summed E-state index contributed by atoms with van der Waals surface area (Å²) in [5.74, 6) is -1.57. The number of rotatable bonds is 4. The van der Waals surface area contributed by atoms with Crippen LogP contribution in [0.25, 0.3) is 0 Å². The fraction of sp³-hybridized carbons (Fsp3) is 0. The third-order valence-electron chi connectivity index (χ3n) is 3.25. The van der Waals surface area contributed by atoms with Crippen molar-refractivity contribution < 1.29 is 22.0 Å². The van der Waals surface area contributed by atoms with Gasteiger partial charge >= 0.3 is 0 Å². The van der Waals surface area contributed by atoms with Crippen LogP contribution in [0.4, 0.5) is 10.1 Å². The summed E-state index contributed by atoms with van der Waals surface area (Å²) in [5.41, 5.74) is -0.0219. The zero-order valence-electron chi connectivity index (χ0n) is 12.3. The number of halogens is 1. The molecular weight excluding hydrogens is 333 g/mol. The Balaban J connectivity index is 1.86. The summed E-state index contributed by atoms with van der Waals surface area (Å²) in [6.07, 6.45) is 0. The molecule has 0 aliphatic carbocycles. The Labute approximate surface area is 137 Å². The third kappa shape index (κ3) is 3.07. The van der Waals surface area contributed by atoms with Gasteiger partial charge in [0, 0.05) is 0 Å². The van der Waals surface area contributed by atoms with Crippen LogP contribution >= 0.6 is 0 Å². The minimum absolute atomic E-state index is 0.0219. The Morgan fingerprint density at radius 2 is 1.58 bits per heavy atom. The monoisotopic (exact) mass is 345 g/mol. The molecule has 0 saturated heterocycles. The van der Waals surface area contributed by atoms with E-state index < -0.39 is 21.6 Å². The lowest BCUT2D eigenvalue weighted by Crippen LogP contribution is -2.12. The van der Waals surface area contributed by atoms with Crippen LogP contribution in [0.15, 0.2) is 81.1 Å². The van der Waals surface area contributed by atoms with E-state index in [-0.39, 0.29) is 21.4 Å². The van der Waals surface area contributed by atoms with E-state index in [9.17, 15) is 17.6 Å². The first kappa shape index (κ1) is 15.9. The van der Waals surface area contributed by atoms with Gasteiger partial charge in [0.2, 0.25) is 14.9 Å². The Bertz CT molecular complexity index is 981. The molecule has 0 radical (unpaired) electrons. The van der Waals surface area contributed by atoms with Crippen molar-refractivity contribution in [2.75, 3.05) is 5.32 Å². The highest BCUT2D eigenvalue weighted by atomic mass is 32.2. The van der Waals surface area contributed by atoms with Gasteiger partial charge in [0.15, 0.2) is 5.76 Å². The molecule has 24 heavy (non-hydrogen) atoms. The first-order valence-corrected chi connectivity index (χ1v) is 8.42. The molecule has 0 spiro atoms. The number of hydrogen-bond donors (Lipinski definition) is 1. The van der Waals surface area contributed by atoms with Crippen molar-refractivity contribution in [2.24, 2.45) is 0 Å². The maximum atomic E-state index is 13.5. The summed E-state index contributed by atoms with van der Waals surface area (Å²) >= 11 is 0. The molecule has 3 rings (SSSR count). The highest BCUT2D eigenvalue weighted by Gasteiger charge is 2.23. The smallest absolute Gasteiger partial charge is 0.291 e. The van der Waals surface area contributed by atoms with Gasteiger partial charge in [-0.15, -0.1) is 0 Å². The van der Waals surface area contributed by atoms with Crippen LogP contribution in [0.2, 0.25) is 0 Å². The van der Waals surface area contributed by atoms with Gasteiger partial charge in [0.25, 0.3) is 5.91 Å². The molecule has 0 bridgehead atoms. The van der Waals surface area contributed by atoms with Crippen molar-refractivity contribution in [1.29, 1.82) is 0 Å². The van der Waals surface area contributed by atoms with Crippen LogP contribution in [-0.2, 0) is 9.84 Å². The predicted molar refractivity (Wildman–Crippen MR) is 85.0 cm³/mol. The van der Waals surface area contributed by atoms with Crippen molar-refractivity contribution in [3.63, 3.8) is 0 Å². The zero-order valence-corrected chi connectivity index (χ0v) is 13.1. The Morgan fingerprint density at radius 1 is 0.917 bits per heavy atom. The Morgan fingerprint density at radius 3 is 2.29 bits per heavy atom. The number of nitrogens with one attached hydrogen (secondary N) is 1. The summed E-state index contributed by atoms with van der Waals surface area (Å²) in [6, 6.07) is 15.8. The lowest BCUT2D eigenvalue weighted by molar-refractivity contribution is 0.0991. The summed E-state index contributed by atoms with van der Waals surface area (Å²) in [6.45, 7) is 0. The van der Waals surface area contributed by atoms with Crippen LogP contribution in [0, 0.1) is 5.82 Å². The molecule has 0 unspecified atom stereocenters. The molecule has 7 heteroatoms. The van der Waals surface area contributed by atoms with E-state index in [1.54, 1.807) is 24.3 Å². The minimum Gasteiger partial charge on any atom is -0.439 e. The first-order valence-electron chi connectivity index (χ1n) is 6.94. The van der Waals surface area contributed by atoms with Gasteiger partial charge in [0.05, 0.1) is 10.6 Å². The number of benzene rings is 2. The van der Waals surface area contributed by atoms with Gasteiger partial charge in [-0.3, -0.25) is 4.79 Å². The normalized spacial score (nSPS) is 11.2. The van der Waals surface area contributed by atoms with E-state index >= 15 is 0 Å². The molecule has 1 amide bonds. The van der Waals surface area contributed by atoms with Crippen molar-refractivity contribution in [2.45, 2.75) is 9.99 Å². The third-order valence-corrected chi connectivity index (χ3v) is 4.89. The molecule has 0 aliphatic rings. The summed E-state index contributed by atoms with van der Waals surface area (Å²) in [5, 5.41) is 1.97. The number of para-hydroxylation sites is 1. The Kier molecular flexibility index (Phi) is 4.18. The summed E-state index contributed by atoms with van der Waals surface area (Å²) < 4.78 is 43.5. The molecule has 0 saturated carbocycles. The van der Waals surface area contributed by atoms with E-state index in [2.05, 4.69) is 5.32 Å². The number of anilines is 1. The van der Waals surface area contributed by atoms with Gasteiger partial charge in [-0.1, -0.05) is 30.3 Å². The van der Waals surface area contributed by atoms with E-state index in [0.717, 1.165) is 0 Å². The van der Waals surface area contributed by atoms with E-state index in [1.165, 1.54) is 42.5 Å². The zero-order chi connectivity index (χ0) is 17.2. The van der Waals surface area contributed by atoms with Crippen molar-refractivity contribution in [3.8, 4) is 0 Å². The molecule has 1 N–H and O–H groups in total. The number of sulfone groups is 1. The predicted octanol–water partition coefficient (Wildman–Crippen LogP) is 3.50. The molecule has 5 nitrogen and oxygen atoms in total. The van der Waals surface area contributed by atoms with E-state index in [0.29, 0.717) is 0 Å². The molecule has 1 heterocycles. The Hall–Kier alpha value is -2.93. The van der Waals surface area contributed by atoms with Crippen LogP contribution in [0.1, 0.15) is 10.6 Å². The number of furan rings is 1. The minimum atomic E-state index is -3.85. The standard InChI is InChI=1S/C17H12FNO4S/c18-13-8-4-5-9-14(13)19-17(20)15-10-11-16(23-15)24(21,22)12-6-2-1-3-7-12/h1-11H,(H,19,20). The summed E-state index contributed by atoms with van der Waals surface area (Å²) in [4.78, 5) is 12.1. The van der Waals surface area contributed by atoms with E-state index in [1.807, 2.05) is 0 Å². The highest BCUT2D eigenvalue weighted by molar-refractivity contribution is 7.91. The lowest BCUT2D eigenvalue weighted by Gasteiger charge is -2.04. The second-order valence-electron chi connectivity index (χ2n) is 4.87. The number of carbonyl (C=O) groups excluding carboxylic acids is 1. The summed E-state index contributed by atoms with van der Waals surface area (Å²) in [7, 11) is -3.85.